The summed E-state index contributed by atoms with van der Waals surface area (Å²) in [6.07, 6.45) is 1.49. The summed E-state index contributed by atoms with van der Waals surface area (Å²) >= 11 is 1.25. The van der Waals surface area contributed by atoms with Crippen molar-refractivity contribution in [2.45, 2.75) is 38.5 Å². The second-order valence-electron chi connectivity index (χ2n) is 8.10. The van der Waals surface area contributed by atoms with Gasteiger partial charge in [0.25, 0.3) is 5.91 Å². The largest absolute Gasteiger partial charge is 0.493 e. The Kier molecular flexibility index (Phi) is 7.69. The Labute approximate surface area is 209 Å². The average Bonchev–Trinajstić information content (AvgIpc) is 3.25. The van der Waals surface area contributed by atoms with E-state index in [4.69, 9.17) is 4.74 Å². The van der Waals surface area contributed by atoms with Crippen LogP contribution in [0.4, 0.5) is 5.13 Å². The highest BCUT2D eigenvalue weighted by atomic mass is 32.2. The zero-order valence-corrected chi connectivity index (χ0v) is 21.7. The monoisotopic (exact) mass is 511 g/mol. The summed E-state index contributed by atoms with van der Waals surface area (Å²) in [5.41, 5.74) is 1.08. The Balaban J connectivity index is 1.66. The van der Waals surface area contributed by atoms with Crippen LogP contribution in [0.5, 0.6) is 5.75 Å². The van der Waals surface area contributed by atoms with Crippen LogP contribution in [0.2, 0.25) is 0 Å². The molecule has 0 spiro atoms. The predicted octanol–water partition coefficient (Wildman–Crippen LogP) is 5.91. The molecule has 0 radical (unpaired) electrons. The first-order valence-corrected chi connectivity index (χ1v) is 14.0. The van der Waals surface area contributed by atoms with Gasteiger partial charge in [0.2, 0.25) is 10.0 Å². The maximum atomic E-state index is 13.3. The van der Waals surface area contributed by atoms with Crippen molar-refractivity contribution in [1.82, 2.24) is 9.29 Å². The lowest BCUT2D eigenvalue weighted by Gasteiger charge is -2.20. The number of amides is 1. The Hall–Kier alpha value is -3.01. The van der Waals surface area contributed by atoms with Gasteiger partial charge in [-0.15, -0.1) is 0 Å². The van der Waals surface area contributed by atoms with Crippen molar-refractivity contribution in [3.8, 4) is 5.75 Å². The van der Waals surface area contributed by atoms with Gasteiger partial charge in [-0.3, -0.25) is 10.1 Å². The Morgan fingerprint density at radius 3 is 2.49 bits per heavy atom. The lowest BCUT2D eigenvalue weighted by Crippen LogP contribution is -2.32. The molecule has 1 N–H and O–H groups in total. The van der Waals surface area contributed by atoms with Crippen molar-refractivity contribution >= 4 is 53.4 Å². The molecule has 3 aromatic carbocycles. The van der Waals surface area contributed by atoms with Gasteiger partial charge in [-0.05, 0) is 54.8 Å². The van der Waals surface area contributed by atoms with Crippen molar-refractivity contribution in [3.63, 3.8) is 0 Å². The smallest absolute Gasteiger partial charge is 0.261 e. The Morgan fingerprint density at radius 2 is 1.77 bits per heavy atom. The fraction of sp³-hybridized carbons (Fsp3) is 0.308. The highest BCUT2D eigenvalue weighted by Gasteiger charge is 2.24. The van der Waals surface area contributed by atoms with E-state index in [2.05, 4.69) is 10.3 Å². The number of rotatable bonds is 10. The number of carbonyl (C=O) groups is 1. The summed E-state index contributed by atoms with van der Waals surface area (Å²) < 4.78 is 34.3. The summed E-state index contributed by atoms with van der Waals surface area (Å²) in [5, 5.41) is 5.01. The number of nitrogens with zero attached hydrogens (tertiary/aromatic N) is 2. The number of hydrogen-bond donors (Lipinski definition) is 1. The topological polar surface area (TPSA) is 88.6 Å². The molecule has 7 nitrogen and oxygen atoms in total. The first kappa shape index (κ1) is 25.1. The first-order chi connectivity index (χ1) is 16.9. The summed E-state index contributed by atoms with van der Waals surface area (Å²) in [6, 6.07) is 16.3. The SMILES string of the molecule is CCCN(CCC)S(=O)(=O)c1ccc2nc(NC(=O)c3c(OCC)ccc4ccccc34)sc2c1. The molecule has 1 amide bonds. The van der Waals surface area contributed by atoms with E-state index < -0.39 is 10.0 Å². The van der Waals surface area contributed by atoms with Gasteiger partial charge in [0.15, 0.2) is 5.13 Å². The Bertz CT molecular complexity index is 1460. The summed E-state index contributed by atoms with van der Waals surface area (Å²) in [7, 11) is -3.60. The lowest BCUT2D eigenvalue weighted by atomic mass is 10.0. The van der Waals surface area contributed by atoms with Gasteiger partial charge in [-0.2, -0.15) is 4.31 Å². The molecule has 1 aromatic heterocycles. The number of carbonyl (C=O) groups excluding carboxylic acids is 1. The van der Waals surface area contributed by atoms with Crippen molar-refractivity contribution in [1.29, 1.82) is 0 Å². The fourth-order valence-corrected chi connectivity index (χ4v) is 6.67. The van der Waals surface area contributed by atoms with Crippen LogP contribution in [-0.4, -0.2) is 43.3 Å². The molecule has 0 bridgehead atoms. The van der Waals surface area contributed by atoms with Crippen LogP contribution in [0.15, 0.2) is 59.5 Å². The first-order valence-electron chi connectivity index (χ1n) is 11.8. The van der Waals surface area contributed by atoms with Crippen molar-refractivity contribution in [2.24, 2.45) is 0 Å². The van der Waals surface area contributed by atoms with Gasteiger partial charge in [0.1, 0.15) is 5.75 Å². The summed E-state index contributed by atoms with van der Waals surface area (Å²) in [6.45, 7) is 7.19. The Morgan fingerprint density at radius 1 is 1.03 bits per heavy atom. The molecule has 4 aromatic rings. The van der Waals surface area contributed by atoms with Crippen LogP contribution in [-0.2, 0) is 10.0 Å². The number of hydrogen-bond acceptors (Lipinski definition) is 6. The van der Waals surface area contributed by atoms with E-state index in [9.17, 15) is 13.2 Å². The molecule has 184 valence electrons. The van der Waals surface area contributed by atoms with Crippen LogP contribution in [0.3, 0.4) is 0 Å². The number of nitrogens with one attached hydrogen (secondary N) is 1. The molecule has 0 fully saturated rings. The molecule has 0 aliphatic carbocycles. The molecule has 0 atom stereocenters. The highest BCUT2D eigenvalue weighted by molar-refractivity contribution is 7.89. The fourth-order valence-electron chi connectivity index (χ4n) is 4.04. The second kappa shape index (κ2) is 10.7. The van der Waals surface area contributed by atoms with E-state index in [0.29, 0.717) is 46.4 Å². The molecular weight excluding hydrogens is 482 g/mol. The minimum absolute atomic E-state index is 0.237. The molecule has 0 saturated heterocycles. The third-order valence-corrected chi connectivity index (χ3v) is 8.41. The maximum Gasteiger partial charge on any atom is 0.261 e. The number of fused-ring (bicyclic) bond motifs is 2. The quantitative estimate of drug-likeness (QED) is 0.286. The van der Waals surface area contributed by atoms with Crippen molar-refractivity contribution in [3.05, 3.63) is 60.2 Å². The molecule has 4 rings (SSSR count). The highest BCUT2D eigenvalue weighted by Crippen LogP contribution is 2.32. The third kappa shape index (κ3) is 5.17. The van der Waals surface area contributed by atoms with Crippen molar-refractivity contribution in [2.75, 3.05) is 25.0 Å². The number of thiazole rings is 1. The second-order valence-corrected chi connectivity index (χ2v) is 11.1. The van der Waals surface area contributed by atoms with Gasteiger partial charge in [-0.1, -0.05) is 55.5 Å². The molecule has 0 unspecified atom stereocenters. The minimum Gasteiger partial charge on any atom is -0.493 e. The summed E-state index contributed by atoms with van der Waals surface area (Å²) in [5.74, 6) is 0.180. The van der Waals surface area contributed by atoms with Crippen LogP contribution in [0, 0.1) is 0 Å². The summed E-state index contributed by atoms with van der Waals surface area (Å²) in [4.78, 5) is 18.1. The number of benzene rings is 3. The van der Waals surface area contributed by atoms with Crippen LogP contribution >= 0.6 is 11.3 Å². The van der Waals surface area contributed by atoms with Gasteiger partial charge in [-0.25, -0.2) is 13.4 Å². The van der Waals surface area contributed by atoms with E-state index in [1.165, 1.54) is 15.6 Å². The average molecular weight is 512 g/mol. The number of aromatic nitrogens is 1. The van der Waals surface area contributed by atoms with E-state index in [-0.39, 0.29) is 10.8 Å². The normalized spacial score (nSPS) is 11.9. The molecular formula is C26H29N3O4S2. The van der Waals surface area contributed by atoms with Crippen LogP contribution < -0.4 is 10.1 Å². The molecule has 0 aliphatic heterocycles. The van der Waals surface area contributed by atoms with E-state index >= 15 is 0 Å². The molecule has 35 heavy (non-hydrogen) atoms. The zero-order chi connectivity index (χ0) is 25.0. The molecule has 9 heteroatoms. The molecule has 1 heterocycles. The lowest BCUT2D eigenvalue weighted by molar-refractivity contribution is 0.102. The minimum atomic E-state index is -3.60. The maximum absolute atomic E-state index is 13.3. The van der Waals surface area contributed by atoms with E-state index in [0.717, 1.165) is 23.6 Å². The van der Waals surface area contributed by atoms with E-state index in [1.54, 1.807) is 24.3 Å². The predicted molar refractivity (Wildman–Crippen MR) is 142 cm³/mol. The molecule has 0 aliphatic rings. The van der Waals surface area contributed by atoms with Gasteiger partial charge in [0, 0.05) is 13.1 Å². The van der Waals surface area contributed by atoms with Gasteiger partial charge < -0.3 is 4.74 Å². The number of ether oxygens (including phenoxy) is 1. The number of anilines is 1. The van der Waals surface area contributed by atoms with Crippen molar-refractivity contribution < 1.29 is 17.9 Å². The zero-order valence-electron chi connectivity index (χ0n) is 20.1. The third-order valence-electron chi connectivity index (χ3n) is 5.58. The van der Waals surface area contributed by atoms with Gasteiger partial charge >= 0.3 is 0 Å². The molecule has 0 saturated carbocycles. The van der Waals surface area contributed by atoms with E-state index in [1.807, 2.05) is 51.1 Å². The standard InChI is InChI=1S/C26H29N3O4S2/c1-4-15-29(16-5-2)35(31,32)19-12-13-21-23(17-19)34-26(27-21)28-25(30)24-20-10-8-7-9-18(20)11-14-22(24)33-6-3/h7-14,17H,4-6,15-16H2,1-3H3,(H,27,28,30). The van der Waals surface area contributed by atoms with Crippen LogP contribution in [0.1, 0.15) is 44.0 Å². The van der Waals surface area contributed by atoms with Gasteiger partial charge in [0.05, 0.1) is 27.3 Å². The number of sulfonamides is 1. The van der Waals surface area contributed by atoms with Crippen LogP contribution in [0.25, 0.3) is 21.0 Å².